The zero-order valence-corrected chi connectivity index (χ0v) is 10.1. The molecule has 1 aromatic carbocycles. The Morgan fingerprint density at radius 2 is 1.88 bits per heavy atom. The lowest BCUT2D eigenvalue weighted by atomic mass is 10.2. The maximum atomic E-state index is 13.4. The average Bonchev–Trinajstić information content (AvgIpc) is 2.23. The number of nitro benzene ring substituents is 1. The van der Waals surface area contributed by atoms with Gasteiger partial charge >= 0.3 is 16.8 Å². The topological polar surface area (TPSA) is 109 Å². The first-order chi connectivity index (χ1) is 7.91. The maximum Gasteiger partial charge on any atom is 0.314 e. The van der Waals surface area contributed by atoms with Gasteiger partial charge in [0.05, 0.1) is 10.4 Å². The molecule has 0 aliphatic carbocycles. The van der Waals surface area contributed by atoms with E-state index >= 15 is 0 Å². The van der Waals surface area contributed by atoms with Gasteiger partial charge in [0.1, 0.15) is 14.9 Å². The summed E-state index contributed by atoms with van der Waals surface area (Å²) in [5.41, 5.74) is -2.92. The molecule has 0 fully saturated rings. The zero-order chi connectivity index (χ0) is 12.7. The SMILES string of the molecule is O=c1[nH]c2cc(F)c(I)c([N+](=O)[O-])c2[nH]c1=O. The minimum absolute atomic E-state index is 0.126. The fourth-order valence-electron chi connectivity index (χ4n) is 1.36. The summed E-state index contributed by atoms with van der Waals surface area (Å²) in [6.07, 6.45) is 0. The predicted molar refractivity (Wildman–Crippen MR) is 64.5 cm³/mol. The Balaban J connectivity index is 3.09. The second-order valence-electron chi connectivity index (χ2n) is 3.11. The van der Waals surface area contributed by atoms with Gasteiger partial charge in [0.25, 0.3) is 0 Å². The third-order valence-corrected chi connectivity index (χ3v) is 3.10. The van der Waals surface area contributed by atoms with Crippen molar-refractivity contribution in [3.63, 3.8) is 0 Å². The van der Waals surface area contributed by atoms with Crippen LogP contribution in [0.15, 0.2) is 15.7 Å². The minimum atomic E-state index is -1.02. The van der Waals surface area contributed by atoms with Gasteiger partial charge in [-0.1, -0.05) is 0 Å². The van der Waals surface area contributed by atoms with E-state index in [1.54, 1.807) is 0 Å². The minimum Gasteiger partial charge on any atom is -0.316 e. The van der Waals surface area contributed by atoms with Crippen LogP contribution in [0.1, 0.15) is 0 Å². The summed E-state index contributed by atoms with van der Waals surface area (Å²) in [5.74, 6) is -0.840. The number of fused-ring (bicyclic) bond motifs is 1. The van der Waals surface area contributed by atoms with Gasteiger partial charge < -0.3 is 9.97 Å². The van der Waals surface area contributed by atoms with Crippen LogP contribution in [0.25, 0.3) is 11.0 Å². The maximum absolute atomic E-state index is 13.4. The Morgan fingerprint density at radius 1 is 1.29 bits per heavy atom. The number of rotatable bonds is 1. The molecule has 0 unspecified atom stereocenters. The van der Waals surface area contributed by atoms with Gasteiger partial charge in [-0.05, 0) is 22.6 Å². The van der Waals surface area contributed by atoms with Crippen LogP contribution < -0.4 is 11.1 Å². The van der Waals surface area contributed by atoms with Gasteiger partial charge in [0.2, 0.25) is 0 Å². The molecule has 9 heteroatoms. The van der Waals surface area contributed by atoms with Crippen molar-refractivity contribution in [1.29, 1.82) is 0 Å². The smallest absolute Gasteiger partial charge is 0.314 e. The average molecular weight is 351 g/mol. The number of hydrogen-bond donors (Lipinski definition) is 2. The highest BCUT2D eigenvalue weighted by Crippen LogP contribution is 2.29. The van der Waals surface area contributed by atoms with E-state index in [9.17, 15) is 24.1 Å². The van der Waals surface area contributed by atoms with Crippen molar-refractivity contribution in [2.45, 2.75) is 0 Å². The first-order valence-corrected chi connectivity index (χ1v) is 5.28. The fraction of sp³-hybridized carbons (Fsp3) is 0. The molecule has 0 spiro atoms. The molecule has 7 nitrogen and oxygen atoms in total. The van der Waals surface area contributed by atoms with Gasteiger partial charge in [-0.3, -0.25) is 19.7 Å². The molecule has 0 atom stereocenters. The Kier molecular flexibility index (Phi) is 2.69. The molecule has 1 heterocycles. The molecule has 88 valence electrons. The Labute approximate surface area is 105 Å². The van der Waals surface area contributed by atoms with E-state index in [1.165, 1.54) is 22.6 Å². The molecule has 0 saturated heterocycles. The van der Waals surface area contributed by atoms with Gasteiger partial charge in [-0.25, -0.2) is 4.39 Å². The summed E-state index contributed by atoms with van der Waals surface area (Å²) < 4.78 is 13.1. The summed E-state index contributed by atoms with van der Waals surface area (Å²) in [6, 6.07) is 0.918. The Morgan fingerprint density at radius 3 is 2.47 bits per heavy atom. The van der Waals surface area contributed by atoms with Crippen LogP contribution in [0.3, 0.4) is 0 Å². The number of aromatic amines is 2. The number of aromatic nitrogens is 2. The molecule has 2 rings (SSSR count). The lowest BCUT2D eigenvalue weighted by Crippen LogP contribution is -2.29. The molecular weight excluding hydrogens is 348 g/mol. The van der Waals surface area contributed by atoms with Crippen molar-refractivity contribution in [3.05, 3.63) is 46.3 Å². The summed E-state index contributed by atoms with van der Waals surface area (Å²) in [7, 11) is 0. The summed E-state index contributed by atoms with van der Waals surface area (Å²) in [5, 5.41) is 10.8. The first-order valence-electron chi connectivity index (χ1n) is 4.20. The summed E-state index contributed by atoms with van der Waals surface area (Å²) >= 11 is 1.46. The highest BCUT2D eigenvalue weighted by Gasteiger charge is 2.22. The number of benzene rings is 1. The van der Waals surface area contributed by atoms with Crippen LogP contribution >= 0.6 is 22.6 Å². The molecule has 17 heavy (non-hydrogen) atoms. The number of nitrogens with one attached hydrogen (secondary N) is 2. The molecule has 0 aliphatic rings. The second kappa shape index (κ2) is 3.91. The number of hydrogen-bond acceptors (Lipinski definition) is 4. The summed E-state index contributed by atoms with van der Waals surface area (Å²) in [6.45, 7) is 0. The van der Waals surface area contributed by atoms with E-state index in [0.717, 1.165) is 6.07 Å². The first kappa shape index (κ1) is 11.7. The molecule has 2 aromatic rings. The van der Waals surface area contributed by atoms with Crippen LogP contribution in [-0.2, 0) is 0 Å². The monoisotopic (exact) mass is 351 g/mol. The molecule has 0 bridgehead atoms. The summed E-state index contributed by atoms with van der Waals surface area (Å²) in [4.78, 5) is 36.2. The van der Waals surface area contributed by atoms with E-state index in [2.05, 4.69) is 9.97 Å². The van der Waals surface area contributed by atoms with Crippen LogP contribution in [-0.4, -0.2) is 14.9 Å². The number of nitro groups is 1. The van der Waals surface area contributed by atoms with E-state index in [1.807, 2.05) is 0 Å². The highest BCUT2D eigenvalue weighted by atomic mass is 127. The van der Waals surface area contributed by atoms with E-state index < -0.39 is 27.5 Å². The third kappa shape index (κ3) is 1.81. The lowest BCUT2D eigenvalue weighted by Gasteiger charge is -2.02. The Bertz CT molecular complexity index is 751. The van der Waals surface area contributed by atoms with Crippen molar-refractivity contribution >= 4 is 39.3 Å². The molecule has 0 amide bonds. The van der Waals surface area contributed by atoms with Gasteiger partial charge in [-0.2, -0.15) is 0 Å². The standard InChI is InChI=1S/C8H3FIN3O4/c9-2-1-3-5(6(4(2)10)13(16)17)12-8(15)7(14)11-3/h1H,(H,11,14)(H,12,15). The number of halogens is 2. The molecule has 2 N–H and O–H groups in total. The van der Waals surface area contributed by atoms with Crippen molar-refractivity contribution in [2.24, 2.45) is 0 Å². The molecule has 1 aromatic heterocycles. The quantitative estimate of drug-likeness (QED) is 0.344. The molecule has 0 saturated carbocycles. The van der Waals surface area contributed by atoms with Crippen LogP contribution in [0.5, 0.6) is 0 Å². The van der Waals surface area contributed by atoms with Crippen molar-refractivity contribution in [2.75, 3.05) is 0 Å². The van der Waals surface area contributed by atoms with Gasteiger partial charge in [-0.15, -0.1) is 0 Å². The number of H-pyrrole nitrogens is 2. The second-order valence-corrected chi connectivity index (χ2v) is 4.19. The zero-order valence-electron chi connectivity index (χ0n) is 7.91. The van der Waals surface area contributed by atoms with E-state index in [0.29, 0.717) is 0 Å². The van der Waals surface area contributed by atoms with E-state index in [4.69, 9.17) is 0 Å². The number of nitrogens with zero attached hydrogens (tertiary/aromatic N) is 1. The van der Waals surface area contributed by atoms with Gasteiger partial charge in [0, 0.05) is 6.07 Å². The normalized spacial score (nSPS) is 10.7. The molecule has 0 radical (unpaired) electrons. The van der Waals surface area contributed by atoms with Crippen molar-refractivity contribution < 1.29 is 9.31 Å². The van der Waals surface area contributed by atoms with Crippen molar-refractivity contribution in [1.82, 2.24) is 9.97 Å². The molecular formula is C8H3FIN3O4. The van der Waals surface area contributed by atoms with E-state index in [-0.39, 0.29) is 14.6 Å². The Hall–Kier alpha value is -1.78. The highest BCUT2D eigenvalue weighted by molar-refractivity contribution is 14.1. The lowest BCUT2D eigenvalue weighted by molar-refractivity contribution is -0.384. The van der Waals surface area contributed by atoms with Crippen LogP contribution in [0.2, 0.25) is 0 Å². The van der Waals surface area contributed by atoms with Gasteiger partial charge in [0.15, 0.2) is 0 Å². The van der Waals surface area contributed by atoms with Crippen LogP contribution in [0, 0.1) is 19.5 Å². The van der Waals surface area contributed by atoms with Crippen molar-refractivity contribution in [3.8, 4) is 0 Å². The fourth-order valence-corrected chi connectivity index (χ4v) is 1.98. The largest absolute Gasteiger partial charge is 0.316 e. The third-order valence-electron chi connectivity index (χ3n) is 2.07. The van der Waals surface area contributed by atoms with Crippen LogP contribution in [0.4, 0.5) is 10.1 Å². The predicted octanol–water partition coefficient (Wildman–Crippen LogP) is 0.868. The molecule has 0 aliphatic heterocycles.